The first kappa shape index (κ1) is 16.0. The third-order valence-electron chi connectivity index (χ3n) is 4.92. The normalized spacial score (nSPS) is 21.6. The summed E-state index contributed by atoms with van der Waals surface area (Å²) in [7, 11) is 0. The van der Waals surface area contributed by atoms with Crippen LogP contribution in [0.5, 0.6) is 0 Å². The number of hydrogen-bond donors (Lipinski definition) is 0. The smallest absolute Gasteiger partial charge is 0.254 e. The van der Waals surface area contributed by atoms with E-state index in [-0.39, 0.29) is 17.9 Å². The molecule has 124 valence electrons. The van der Waals surface area contributed by atoms with Crippen LogP contribution in [0.15, 0.2) is 18.2 Å². The summed E-state index contributed by atoms with van der Waals surface area (Å²) in [5, 5.41) is 0. The van der Waals surface area contributed by atoms with E-state index in [2.05, 4.69) is 0 Å². The van der Waals surface area contributed by atoms with E-state index in [1.54, 1.807) is 0 Å². The lowest BCUT2D eigenvalue weighted by Gasteiger charge is -2.36. The van der Waals surface area contributed by atoms with Crippen LogP contribution in [-0.2, 0) is 9.53 Å². The van der Waals surface area contributed by atoms with Crippen LogP contribution in [0.3, 0.4) is 0 Å². The van der Waals surface area contributed by atoms with Crippen LogP contribution in [0.2, 0.25) is 0 Å². The molecule has 2 fully saturated rings. The Morgan fingerprint density at radius 1 is 1.09 bits per heavy atom. The van der Waals surface area contributed by atoms with Crippen LogP contribution in [0, 0.1) is 13.8 Å². The van der Waals surface area contributed by atoms with Gasteiger partial charge < -0.3 is 14.5 Å². The van der Waals surface area contributed by atoms with Gasteiger partial charge in [0.25, 0.3) is 11.8 Å². The molecule has 0 saturated carbocycles. The topological polar surface area (TPSA) is 49.9 Å². The second kappa shape index (κ2) is 6.71. The second-order valence-corrected chi connectivity index (χ2v) is 6.37. The van der Waals surface area contributed by atoms with Gasteiger partial charge in [-0.3, -0.25) is 9.59 Å². The van der Waals surface area contributed by atoms with E-state index in [0.717, 1.165) is 29.5 Å². The van der Waals surface area contributed by atoms with Gasteiger partial charge in [-0.1, -0.05) is 12.1 Å². The maximum atomic E-state index is 12.7. The fraction of sp³-hybridized carbons (Fsp3) is 0.556. The molecule has 5 heteroatoms. The quantitative estimate of drug-likeness (QED) is 0.835. The lowest BCUT2D eigenvalue weighted by molar-refractivity contribution is -0.142. The van der Waals surface area contributed by atoms with Crippen molar-refractivity contribution in [1.29, 1.82) is 0 Å². The molecule has 23 heavy (non-hydrogen) atoms. The maximum absolute atomic E-state index is 12.7. The van der Waals surface area contributed by atoms with E-state index < -0.39 is 0 Å². The third-order valence-corrected chi connectivity index (χ3v) is 4.92. The average molecular weight is 316 g/mol. The Bertz CT molecular complexity index is 600. The third kappa shape index (κ3) is 3.24. The average Bonchev–Trinajstić information content (AvgIpc) is 3.11. The summed E-state index contributed by atoms with van der Waals surface area (Å²) < 4.78 is 5.47. The van der Waals surface area contributed by atoms with Gasteiger partial charge in [0, 0.05) is 38.3 Å². The van der Waals surface area contributed by atoms with Crippen molar-refractivity contribution in [2.45, 2.75) is 32.8 Å². The van der Waals surface area contributed by atoms with Crippen molar-refractivity contribution in [3.63, 3.8) is 0 Å². The highest BCUT2D eigenvalue weighted by atomic mass is 16.5. The Morgan fingerprint density at radius 2 is 1.78 bits per heavy atom. The van der Waals surface area contributed by atoms with Gasteiger partial charge >= 0.3 is 0 Å². The molecule has 1 aromatic rings. The van der Waals surface area contributed by atoms with Crippen LogP contribution in [0.25, 0.3) is 0 Å². The van der Waals surface area contributed by atoms with Gasteiger partial charge in [-0.05, 0) is 43.9 Å². The first-order valence-electron chi connectivity index (χ1n) is 8.34. The molecule has 0 aromatic heterocycles. The van der Waals surface area contributed by atoms with Crippen molar-refractivity contribution >= 4 is 11.8 Å². The number of carbonyl (C=O) groups is 2. The van der Waals surface area contributed by atoms with E-state index in [1.165, 1.54) is 0 Å². The molecule has 0 aliphatic carbocycles. The lowest BCUT2D eigenvalue weighted by atomic mass is 10.0. The summed E-state index contributed by atoms with van der Waals surface area (Å²) in [4.78, 5) is 28.7. The van der Waals surface area contributed by atoms with Crippen molar-refractivity contribution in [3.05, 3.63) is 34.9 Å². The molecular formula is C18H24N2O3. The van der Waals surface area contributed by atoms with Crippen molar-refractivity contribution in [2.24, 2.45) is 0 Å². The first-order valence-corrected chi connectivity index (χ1v) is 8.34. The van der Waals surface area contributed by atoms with E-state index in [1.807, 2.05) is 41.8 Å². The number of hydrogen-bond acceptors (Lipinski definition) is 3. The summed E-state index contributed by atoms with van der Waals surface area (Å²) in [6.45, 7) is 7.05. The van der Waals surface area contributed by atoms with Crippen LogP contribution in [0.1, 0.15) is 34.3 Å². The monoisotopic (exact) mass is 316 g/mol. The van der Waals surface area contributed by atoms with Crippen LogP contribution < -0.4 is 0 Å². The van der Waals surface area contributed by atoms with Gasteiger partial charge in [-0.2, -0.15) is 0 Å². The summed E-state index contributed by atoms with van der Waals surface area (Å²) in [5.74, 6) is 0.150. The van der Waals surface area contributed by atoms with Crippen LogP contribution >= 0.6 is 0 Å². The van der Waals surface area contributed by atoms with Crippen molar-refractivity contribution in [1.82, 2.24) is 9.80 Å². The summed E-state index contributed by atoms with van der Waals surface area (Å²) in [5.41, 5.74) is 2.93. The molecule has 2 amide bonds. The van der Waals surface area contributed by atoms with Gasteiger partial charge in [0.15, 0.2) is 0 Å². The zero-order valence-corrected chi connectivity index (χ0v) is 13.9. The minimum Gasteiger partial charge on any atom is -0.368 e. The number of carbonyl (C=O) groups excluding carboxylic acids is 2. The number of benzene rings is 1. The van der Waals surface area contributed by atoms with Crippen molar-refractivity contribution in [2.75, 3.05) is 32.8 Å². The maximum Gasteiger partial charge on any atom is 0.254 e. The molecule has 0 N–H and O–H groups in total. The molecule has 5 nitrogen and oxygen atoms in total. The Morgan fingerprint density at radius 3 is 2.43 bits per heavy atom. The highest BCUT2D eigenvalue weighted by Crippen LogP contribution is 2.18. The SMILES string of the molecule is Cc1cccc(C(=O)N2CCN(C(=O)C3CCCO3)CC2)c1C. The molecule has 0 bridgehead atoms. The molecule has 1 aromatic carbocycles. The summed E-state index contributed by atoms with van der Waals surface area (Å²) in [6.07, 6.45) is 1.51. The van der Waals surface area contributed by atoms with Gasteiger partial charge in [0.1, 0.15) is 6.10 Å². The van der Waals surface area contributed by atoms with E-state index >= 15 is 0 Å². The molecule has 0 spiro atoms. The van der Waals surface area contributed by atoms with Crippen LogP contribution in [0.4, 0.5) is 0 Å². The lowest BCUT2D eigenvalue weighted by Crippen LogP contribution is -2.52. The Kier molecular flexibility index (Phi) is 4.66. The summed E-state index contributed by atoms with van der Waals surface area (Å²) >= 11 is 0. The van der Waals surface area contributed by atoms with Gasteiger partial charge in [-0.25, -0.2) is 0 Å². The molecule has 2 heterocycles. The van der Waals surface area contributed by atoms with Gasteiger partial charge in [-0.15, -0.1) is 0 Å². The number of amides is 2. The van der Waals surface area contributed by atoms with E-state index in [9.17, 15) is 9.59 Å². The predicted octanol–water partition coefficient (Wildman–Crippen LogP) is 1.77. The molecule has 1 atom stereocenters. The molecule has 1 unspecified atom stereocenters. The highest BCUT2D eigenvalue weighted by molar-refractivity contribution is 5.96. The van der Waals surface area contributed by atoms with Gasteiger partial charge in [0.2, 0.25) is 0 Å². The van der Waals surface area contributed by atoms with Crippen molar-refractivity contribution in [3.8, 4) is 0 Å². The van der Waals surface area contributed by atoms with Crippen molar-refractivity contribution < 1.29 is 14.3 Å². The number of aryl methyl sites for hydroxylation is 1. The predicted molar refractivity (Wildman–Crippen MR) is 87.4 cm³/mol. The molecular weight excluding hydrogens is 292 g/mol. The molecule has 2 saturated heterocycles. The minimum absolute atomic E-state index is 0.0652. The van der Waals surface area contributed by atoms with Gasteiger partial charge in [0.05, 0.1) is 0 Å². The highest BCUT2D eigenvalue weighted by Gasteiger charge is 2.31. The Balaban J connectivity index is 1.61. The Hall–Kier alpha value is -1.88. The minimum atomic E-state index is -0.267. The number of nitrogens with zero attached hydrogens (tertiary/aromatic N) is 2. The second-order valence-electron chi connectivity index (χ2n) is 6.37. The zero-order valence-electron chi connectivity index (χ0n) is 13.9. The zero-order chi connectivity index (χ0) is 16.4. The number of ether oxygens (including phenoxy) is 1. The molecule has 0 radical (unpaired) electrons. The van der Waals surface area contributed by atoms with E-state index in [0.29, 0.717) is 32.8 Å². The fourth-order valence-electron chi connectivity index (χ4n) is 3.26. The Labute approximate surface area is 137 Å². The first-order chi connectivity index (χ1) is 11.1. The summed E-state index contributed by atoms with van der Waals surface area (Å²) in [6, 6.07) is 5.83. The largest absolute Gasteiger partial charge is 0.368 e. The number of piperazine rings is 1. The number of rotatable bonds is 2. The fourth-order valence-corrected chi connectivity index (χ4v) is 3.26. The van der Waals surface area contributed by atoms with Crippen LogP contribution in [-0.4, -0.2) is 60.5 Å². The molecule has 2 aliphatic rings. The molecule has 3 rings (SSSR count). The van der Waals surface area contributed by atoms with E-state index in [4.69, 9.17) is 4.74 Å². The molecule has 2 aliphatic heterocycles. The standard InChI is InChI=1S/C18H24N2O3/c1-13-5-3-6-15(14(13)2)17(21)19-8-10-20(11-9-19)18(22)16-7-4-12-23-16/h3,5-6,16H,4,7-12H2,1-2H3.